The topological polar surface area (TPSA) is 24.5 Å². The highest BCUT2D eigenvalue weighted by molar-refractivity contribution is 4.77. The molecule has 0 aromatic rings. The summed E-state index contributed by atoms with van der Waals surface area (Å²) in [6.45, 7) is 13.0. The lowest BCUT2D eigenvalue weighted by Gasteiger charge is -2.33. The van der Waals surface area contributed by atoms with E-state index in [2.05, 4.69) is 31.0 Å². The zero-order valence-corrected chi connectivity index (χ0v) is 11.2. The molecule has 96 valence electrons. The van der Waals surface area contributed by atoms with Crippen LogP contribution in [0, 0.1) is 5.92 Å². The first-order chi connectivity index (χ1) is 7.74. The molecule has 1 saturated heterocycles. The van der Waals surface area contributed by atoms with Crippen LogP contribution in [-0.4, -0.2) is 50.3 Å². The predicted molar refractivity (Wildman–Crippen MR) is 68.8 cm³/mol. The minimum absolute atomic E-state index is 0.645. The van der Waals surface area contributed by atoms with Crippen molar-refractivity contribution in [1.82, 2.24) is 10.2 Å². The number of piperidine rings is 1. The first kappa shape index (κ1) is 13.9. The first-order valence-electron chi connectivity index (χ1n) is 6.76. The van der Waals surface area contributed by atoms with Crippen LogP contribution in [0.4, 0.5) is 0 Å². The van der Waals surface area contributed by atoms with Gasteiger partial charge in [-0.3, -0.25) is 4.90 Å². The van der Waals surface area contributed by atoms with Crippen LogP contribution in [-0.2, 0) is 4.74 Å². The van der Waals surface area contributed by atoms with Crippen LogP contribution in [0.25, 0.3) is 0 Å². The quantitative estimate of drug-likeness (QED) is 0.672. The molecule has 1 fully saturated rings. The molecule has 1 atom stereocenters. The van der Waals surface area contributed by atoms with Crippen LogP contribution in [0.1, 0.15) is 33.6 Å². The predicted octanol–water partition coefficient (Wildman–Crippen LogP) is 1.73. The van der Waals surface area contributed by atoms with Crippen LogP contribution in [0.3, 0.4) is 0 Å². The van der Waals surface area contributed by atoms with Gasteiger partial charge in [0.1, 0.15) is 0 Å². The summed E-state index contributed by atoms with van der Waals surface area (Å²) < 4.78 is 5.66. The van der Waals surface area contributed by atoms with Crippen molar-refractivity contribution in [2.24, 2.45) is 5.92 Å². The second-order valence-electron chi connectivity index (χ2n) is 5.10. The number of nitrogens with zero attached hydrogens (tertiary/aromatic N) is 1. The van der Waals surface area contributed by atoms with Crippen LogP contribution in [0.15, 0.2) is 0 Å². The smallest absolute Gasteiger partial charge is 0.0593 e. The zero-order valence-electron chi connectivity index (χ0n) is 11.2. The lowest BCUT2D eigenvalue weighted by atomic mass is 10.1. The second-order valence-corrected chi connectivity index (χ2v) is 5.10. The van der Waals surface area contributed by atoms with E-state index in [0.29, 0.717) is 5.92 Å². The molecule has 0 amide bonds. The molecular weight excluding hydrogens is 200 g/mol. The van der Waals surface area contributed by atoms with E-state index in [1.54, 1.807) is 0 Å². The lowest BCUT2D eigenvalue weighted by Crippen LogP contribution is -2.47. The van der Waals surface area contributed by atoms with Crippen molar-refractivity contribution in [1.29, 1.82) is 0 Å². The lowest BCUT2D eigenvalue weighted by molar-refractivity contribution is 0.0689. The number of ether oxygens (including phenoxy) is 1. The fourth-order valence-electron chi connectivity index (χ4n) is 2.24. The van der Waals surface area contributed by atoms with Crippen LogP contribution in [0.2, 0.25) is 0 Å². The molecule has 0 saturated carbocycles. The maximum Gasteiger partial charge on any atom is 0.0593 e. The summed E-state index contributed by atoms with van der Waals surface area (Å²) in [7, 11) is 0. The first-order valence-corrected chi connectivity index (χ1v) is 6.76. The summed E-state index contributed by atoms with van der Waals surface area (Å²) in [5, 5.41) is 3.48. The maximum absolute atomic E-state index is 5.66. The summed E-state index contributed by atoms with van der Waals surface area (Å²) in [6.07, 6.45) is 2.65. The zero-order chi connectivity index (χ0) is 11.8. The van der Waals surface area contributed by atoms with Crippen molar-refractivity contribution in [2.75, 3.05) is 39.4 Å². The third kappa shape index (κ3) is 5.28. The standard InChI is InChI=1S/C13H28N2O/c1-4-15(8-9-16-11-12(2)3)13-6-5-7-14-10-13/h12-14H,4-11H2,1-3H3. The fourth-order valence-corrected chi connectivity index (χ4v) is 2.24. The Balaban J connectivity index is 2.15. The van der Waals surface area contributed by atoms with Crippen LogP contribution in [0.5, 0.6) is 0 Å². The third-order valence-electron chi connectivity index (χ3n) is 3.17. The molecule has 3 nitrogen and oxygen atoms in total. The molecular formula is C13H28N2O. The molecule has 1 unspecified atom stereocenters. The fraction of sp³-hybridized carbons (Fsp3) is 1.00. The number of nitrogens with one attached hydrogen (secondary N) is 1. The van der Waals surface area contributed by atoms with E-state index < -0.39 is 0 Å². The number of hydrogen-bond acceptors (Lipinski definition) is 3. The Morgan fingerprint density at radius 1 is 1.44 bits per heavy atom. The van der Waals surface area contributed by atoms with E-state index in [4.69, 9.17) is 4.74 Å². The normalized spacial score (nSPS) is 21.9. The molecule has 1 N–H and O–H groups in total. The Labute approximate surface area is 101 Å². The van der Waals surface area contributed by atoms with Gasteiger partial charge in [0.05, 0.1) is 6.61 Å². The van der Waals surface area contributed by atoms with E-state index >= 15 is 0 Å². The highest BCUT2D eigenvalue weighted by Gasteiger charge is 2.18. The van der Waals surface area contributed by atoms with Gasteiger partial charge < -0.3 is 10.1 Å². The minimum atomic E-state index is 0.645. The number of hydrogen-bond donors (Lipinski definition) is 1. The molecule has 0 aromatic carbocycles. The van der Waals surface area contributed by atoms with E-state index in [9.17, 15) is 0 Å². The van der Waals surface area contributed by atoms with Gasteiger partial charge in [-0.25, -0.2) is 0 Å². The summed E-state index contributed by atoms with van der Waals surface area (Å²) in [6, 6.07) is 0.724. The third-order valence-corrected chi connectivity index (χ3v) is 3.17. The molecule has 3 heteroatoms. The van der Waals surface area contributed by atoms with Crippen molar-refractivity contribution < 1.29 is 4.74 Å². The minimum Gasteiger partial charge on any atom is -0.380 e. The van der Waals surface area contributed by atoms with Gasteiger partial charge in [-0.1, -0.05) is 20.8 Å². The highest BCUT2D eigenvalue weighted by Crippen LogP contribution is 2.09. The molecule has 0 spiro atoms. The van der Waals surface area contributed by atoms with Gasteiger partial charge in [-0.2, -0.15) is 0 Å². The van der Waals surface area contributed by atoms with E-state index in [0.717, 1.165) is 38.9 Å². The van der Waals surface area contributed by atoms with Gasteiger partial charge in [0.25, 0.3) is 0 Å². The van der Waals surface area contributed by atoms with Crippen molar-refractivity contribution in [3.63, 3.8) is 0 Å². The Kier molecular flexibility index (Phi) is 7.01. The Bertz CT molecular complexity index is 167. The number of likely N-dealkylation sites (N-methyl/N-ethyl adjacent to an activating group) is 1. The van der Waals surface area contributed by atoms with Crippen molar-refractivity contribution in [3.05, 3.63) is 0 Å². The van der Waals surface area contributed by atoms with E-state index in [1.165, 1.54) is 19.4 Å². The average molecular weight is 228 g/mol. The monoisotopic (exact) mass is 228 g/mol. The van der Waals surface area contributed by atoms with Gasteiger partial charge in [0.15, 0.2) is 0 Å². The summed E-state index contributed by atoms with van der Waals surface area (Å²) in [4.78, 5) is 2.55. The second kappa shape index (κ2) is 8.04. The van der Waals surface area contributed by atoms with Crippen LogP contribution >= 0.6 is 0 Å². The Hall–Kier alpha value is -0.120. The van der Waals surface area contributed by atoms with Crippen molar-refractivity contribution in [2.45, 2.75) is 39.7 Å². The van der Waals surface area contributed by atoms with Crippen LogP contribution < -0.4 is 5.32 Å². The molecule has 1 heterocycles. The van der Waals surface area contributed by atoms with Gasteiger partial charge in [0.2, 0.25) is 0 Å². The maximum atomic E-state index is 5.66. The molecule has 0 aliphatic carbocycles. The summed E-state index contributed by atoms with van der Waals surface area (Å²) in [5.41, 5.74) is 0. The molecule has 1 aliphatic rings. The SMILES string of the molecule is CCN(CCOCC(C)C)C1CCCNC1. The molecule has 16 heavy (non-hydrogen) atoms. The van der Waals surface area contributed by atoms with Gasteiger partial charge >= 0.3 is 0 Å². The molecule has 0 aromatic heterocycles. The van der Waals surface area contributed by atoms with Gasteiger partial charge in [-0.05, 0) is 31.8 Å². The van der Waals surface area contributed by atoms with Crippen molar-refractivity contribution >= 4 is 0 Å². The highest BCUT2D eigenvalue weighted by atomic mass is 16.5. The largest absolute Gasteiger partial charge is 0.380 e. The Morgan fingerprint density at radius 3 is 2.81 bits per heavy atom. The summed E-state index contributed by atoms with van der Waals surface area (Å²) in [5.74, 6) is 0.645. The van der Waals surface area contributed by atoms with E-state index in [-0.39, 0.29) is 0 Å². The summed E-state index contributed by atoms with van der Waals surface area (Å²) >= 11 is 0. The molecule has 1 aliphatic heterocycles. The average Bonchev–Trinajstić information content (AvgIpc) is 2.30. The van der Waals surface area contributed by atoms with E-state index in [1.807, 2.05) is 0 Å². The molecule has 0 radical (unpaired) electrons. The molecule has 1 rings (SSSR count). The van der Waals surface area contributed by atoms with Crippen molar-refractivity contribution in [3.8, 4) is 0 Å². The van der Waals surface area contributed by atoms with Gasteiger partial charge in [-0.15, -0.1) is 0 Å². The Morgan fingerprint density at radius 2 is 2.25 bits per heavy atom. The van der Waals surface area contributed by atoms with Gasteiger partial charge in [0, 0.05) is 25.7 Å². The number of rotatable bonds is 7. The molecule has 0 bridgehead atoms.